The molecule has 0 saturated carbocycles. The summed E-state index contributed by atoms with van der Waals surface area (Å²) in [5.74, 6) is -1.16. The van der Waals surface area contributed by atoms with Gasteiger partial charge in [-0.25, -0.2) is 4.79 Å². The molecule has 21 heavy (non-hydrogen) atoms. The Morgan fingerprint density at radius 2 is 2.14 bits per heavy atom. The number of nitrogens with zero attached hydrogens (tertiary/aromatic N) is 3. The minimum absolute atomic E-state index is 0.0615. The van der Waals surface area contributed by atoms with E-state index in [-0.39, 0.29) is 18.9 Å². The number of aliphatic carboxylic acids is 1. The second-order valence-electron chi connectivity index (χ2n) is 5.29. The van der Waals surface area contributed by atoms with Crippen molar-refractivity contribution in [2.24, 2.45) is 7.05 Å². The summed E-state index contributed by atoms with van der Waals surface area (Å²) in [6, 6.07) is -0.873. The summed E-state index contributed by atoms with van der Waals surface area (Å²) in [5.41, 5.74) is 3.02. The molecule has 0 aliphatic carbocycles. The number of carboxylic acids is 1. The average Bonchev–Trinajstić information content (AvgIpc) is 2.70. The maximum atomic E-state index is 12.3. The molecule has 1 fully saturated rings. The lowest BCUT2D eigenvalue weighted by molar-refractivity contribution is -0.158. The van der Waals surface area contributed by atoms with Crippen LogP contribution in [0.4, 0.5) is 0 Å². The number of hydrogen-bond donors (Lipinski definition) is 1. The van der Waals surface area contributed by atoms with Crippen LogP contribution < -0.4 is 0 Å². The van der Waals surface area contributed by atoms with Crippen LogP contribution in [0.15, 0.2) is 0 Å². The Hall–Kier alpha value is -1.89. The molecular weight excluding hydrogens is 274 g/mol. The van der Waals surface area contributed by atoms with Crippen molar-refractivity contribution < 1.29 is 19.4 Å². The molecule has 1 aliphatic rings. The summed E-state index contributed by atoms with van der Waals surface area (Å²) in [4.78, 5) is 24.9. The smallest absolute Gasteiger partial charge is 0.328 e. The second-order valence-corrected chi connectivity index (χ2v) is 5.29. The van der Waals surface area contributed by atoms with Crippen molar-refractivity contribution >= 4 is 11.9 Å². The number of amides is 1. The number of aromatic nitrogens is 2. The molecule has 0 unspecified atom stereocenters. The topological polar surface area (TPSA) is 84.7 Å². The molecule has 1 aromatic rings. The molecule has 0 bridgehead atoms. The highest BCUT2D eigenvalue weighted by molar-refractivity contribution is 5.84. The molecule has 1 N–H and O–H groups in total. The largest absolute Gasteiger partial charge is 0.480 e. The van der Waals surface area contributed by atoms with Gasteiger partial charge < -0.3 is 14.7 Å². The van der Waals surface area contributed by atoms with Gasteiger partial charge in [-0.05, 0) is 25.8 Å². The lowest BCUT2D eigenvalue weighted by atomic mass is 10.1. The van der Waals surface area contributed by atoms with Crippen molar-refractivity contribution in [1.82, 2.24) is 14.7 Å². The summed E-state index contributed by atoms with van der Waals surface area (Å²) in [6.45, 7) is 4.67. The number of carbonyl (C=O) groups is 2. The fourth-order valence-electron chi connectivity index (χ4n) is 2.66. The van der Waals surface area contributed by atoms with Crippen LogP contribution >= 0.6 is 0 Å². The third-order valence-corrected chi connectivity index (χ3v) is 3.98. The molecule has 1 saturated heterocycles. The Bertz CT molecular complexity index is 553. The van der Waals surface area contributed by atoms with Crippen molar-refractivity contribution in [3.8, 4) is 0 Å². The summed E-state index contributed by atoms with van der Waals surface area (Å²) in [6.07, 6.45) is 0.866. The zero-order chi connectivity index (χ0) is 15.6. The van der Waals surface area contributed by atoms with E-state index in [1.165, 1.54) is 4.90 Å². The van der Waals surface area contributed by atoms with E-state index in [0.29, 0.717) is 19.6 Å². The maximum Gasteiger partial charge on any atom is 0.328 e. The quantitative estimate of drug-likeness (QED) is 0.862. The summed E-state index contributed by atoms with van der Waals surface area (Å²) < 4.78 is 6.94. The molecule has 116 valence electrons. The van der Waals surface area contributed by atoms with E-state index in [2.05, 4.69) is 5.10 Å². The highest BCUT2D eigenvalue weighted by atomic mass is 16.5. The normalized spacial score (nSPS) is 18.8. The molecule has 2 rings (SSSR count). The van der Waals surface area contributed by atoms with Crippen LogP contribution in [-0.2, 0) is 27.8 Å². The van der Waals surface area contributed by atoms with Gasteiger partial charge >= 0.3 is 5.97 Å². The predicted octanol–water partition coefficient (Wildman–Crippen LogP) is 0.282. The number of hydrogen-bond acceptors (Lipinski definition) is 4. The molecule has 0 spiro atoms. The number of rotatable bonds is 4. The van der Waals surface area contributed by atoms with Gasteiger partial charge in [-0.2, -0.15) is 5.10 Å². The second kappa shape index (κ2) is 6.26. The fraction of sp³-hybridized carbons (Fsp3) is 0.643. The standard InChI is InChI=1S/C14H21N3O4/c1-9-11(10(2)16(3)15-9)4-5-13(18)17-6-7-21-8-12(17)14(19)20/h12H,4-8H2,1-3H3,(H,19,20)/t12-/m0/s1. The van der Waals surface area contributed by atoms with Gasteiger partial charge in [0, 0.05) is 25.7 Å². The molecule has 1 aromatic heterocycles. The van der Waals surface area contributed by atoms with Crippen LogP contribution in [0.1, 0.15) is 23.4 Å². The van der Waals surface area contributed by atoms with Crippen molar-refractivity contribution in [2.45, 2.75) is 32.7 Å². The number of aryl methyl sites for hydroxylation is 2. The Morgan fingerprint density at radius 3 is 2.71 bits per heavy atom. The average molecular weight is 295 g/mol. The lowest BCUT2D eigenvalue weighted by Gasteiger charge is -2.32. The van der Waals surface area contributed by atoms with E-state index < -0.39 is 12.0 Å². The first-order valence-electron chi connectivity index (χ1n) is 7.01. The number of carboxylic acid groups (broad SMARTS) is 1. The molecule has 1 aliphatic heterocycles. The van der Waals surface area contributed by atoms with Crippen LogP contribution in [0.5, 0.6) is 0 Å². The zero-order valence-corrected chi connectivity index (χ0v) is 12.6. The molecule has 7 heteroatoms. The van der Waals surface area contributed by atoms with E-state index in [4.69, 9.17) is 9.84 Å². The highest BCUT2D eigenvalue weighted by Crippen LogP contribution is 2.16. The van der Waals surface area contributed by atoms with E-state index in [1.54, 1.807) is 4.68 Å². The van der Waals surface area contributed by atoms with E-state index >= 15 is 0 Å². The summed E-state index contributed by atoms with van der Waals surface area (Å²) >= 11 is 0. The van der Waals surface area contributed by atoms with Crippen molar-refractivity contribution in [2.75, 3.05) is 19.8 Å². The van der Waals surface area contributed by atoms with Gasteiger partial charge in [0.05, 0.1) is 18.9 Å². The summed E-state index contributed by atoms with van der Waals surface area (Å²) in [5, 5.41) is 13.5. The first-order chi connectivity index (χ1) is 9.91. The van der Waals surface area contributed by atoms with Crippen molar-refractivity contribution in [3.63, 3.8) is 0 Å². The van der Waals surface area contributed by atoms with Gasteiger partial charge in [-0.1, -0.05) is 0 Å². The van der Waals surface area contributed by atoms with Crippen LogP contribution in [0.3, 0.4) is 0 Å². The van der Waals surface area contributed by atoms with Crippen LogP contribution in [0.2, 0.25) is 0 Å². The molecule has 1 atom stereocenters. The minimum Gasteiger partial charge on any atom is -0.480 e. The molecule has 0 aromatic carbocycles. The molecule has 7 nitrogen and oxygen atoms in total. The number of ether oxygens (including phenoxy) is 1. The Kier molecular flexibility index (Phi) is 4.62. The Balaban J connectivity index is 2.02. The monoisotopic (exact) mass is 295 g/mol. The molecule has 1 amide bonds. The predicted molar refractivity (Wildman–Crippen MR) is 75.0 cm³/mol. The van der Waals surface area contributed by atoms with Crippen LogP contribution in [0.25, 0.3) is 0 Å². The highest BCUT2D eigenvalue weighted by Gasteiger charge is 2.32. The third-order valence-electron chi connectivity index (χ3n) is 3.98. The maximum absolute atomic E-state index is 12.3. The van der Waals surface area contributed by atoms with Gasteiger partial charge in [-0.3, -0.25) is 9.48 Å². The van der Waals surface area contributed by atoms with Gasteiger partial charge in [-0.15, -0.1) is 0 Å². The first kappa shape index (κ1) is 15.5. The van der Waals surface area contributed by atoms with E-state index in [1.807, 2.05) is 20.9 Å². The van der Waals surface area contributed by atoms with E-state index in [0.717, 1.165) is 17.0 Å². The van der Waals surface area contributed by atoms with Gasteiger partial charge in [0.1, 0.15) is 0 Å². The van der Waals surface area contributed by atoms with Crippen molar-refractivity contribution in [1.29, 1.82) is 0 Å². The summed E-state index contributed by atoms with van der Waals surface area (Å²) in [7, 11) is 1.87. The molecule has 0 radical (unpaired) electrons. The molecule has 2 heterocycles. The SMILES string of the molecule is Cc1nn(C)c(C)c1CCC(=O)N1CCOC[C@H]1C(=O)O. The Labute approximate surface area is 123 Å². The number of morpholine rings is 1. The van der Waals surface area contributed by atoms with Gasteiger partial charge in [0.25, 0.3) is 0 Å². The fourth-order valence-corrected chi connectivity index (χ4v) is 2.66. The van der Waals surface area contributed by atoms with Gasteiger partial charge in [0.15, 0.2) is 6.04 Å². The zero-order valence-electron chi connectivity index (χ0n) is 12.6. The number of carbonyl (C=O) groups excluding carboxylic acids is 1. The lowest BCUT2D eigenvalue weighted by Crippen LogP contribution is -2.52. The first-order valence-corrected chi connectivity index (χ1v) is 7.01. The minimum atomic E-state index is -1.02. The van der Waals surface area contributed by atoms with Crippen molar-refractivity contribution in [3.05, 3.63) is 17.0 Å². The Morgan fingerprint density at radius 1 is 1.43 bits per heavy atom. The third kappa shape index (κ3) is 3.24. The van der Waals surface area contributed by atoms with Crippen LogP contribution in [-0.4, -0.2) is 57.5 Å². The van der Waals surface area contributed by atoms with E-state index in [9.17, 15) is 9.59 Å². The van der Waals surface area contributed by atoms with Crippen LogP contribution in [0, 0.1) is 13.8 Å². The van der Waals surface area contributed by atoms with Gasteiger partial charge in [0.2, 0.25) is 5.91 Å². The molecular formula is C14H21N3O4.